The minimum absolute atomic E-state index is 0.174. The molecule has 5 heteroatoms. The number of esters is 1. The molecule has 0 radical (unpaired) electrons. The van der Waals surface area contributed by atoms with Crippen LogP contribution in [0.25, 0.3) is 11.0 Å². The van der Waals surface area contributed by atoms with Gasteiger partial charge in [0.05, 0.1) is 22.6 Å². The van der Waals surface area contributed by atoms with Gasteiger partial charge in [0.15, 0.2) is 0 Å². The molecule has 0 saturated carbocycles. The molecule has 1 aromatic heterocycles. The second kappa shape index (κ2) is 6.76. The van der Waals surface area contributed by atoms with E-state index in [4.69, 9.17) is 9.72 Å². The average Bonchev–Trinajstić information content (AvgIpc) is 3.03. The Morgan fingerprint density at radius 1 is 1.22 bits per heavy atom. The lowest BCUT2D eigenvalue weighted by atomic mass is 9.94. The molecule has 1 atom stereocenters. The van der Waals surface area contributed by atoms with E-state index in [1.54, 1.807) is 6.08 Å². The summed E-state index contributed by atoms with van der Waals surface area (Å²) in [6, 6.07) is 15.8. The van der Waals surface area contributed by atoms with Crippen LogP contribution in [0.1, 0.15) is 24.1 Å². The highest BCUT2D eigenvalue weighted by Gasteiger charge is 2.34. The number of anilines is 1. The first-order chi connectivity index (χ1) is 13.1. The molecule has 0 amide bonds. The second-order valence-electron chi connectivity index (χ2n) is 6.66. The van der Waals surface area contributed by atoms with Crippen LogP contribution in [0.15, 0.2) is 72.5 Å². The number of aryl methyl sites for hydroxylation is 1. The predicted octanol–water partition coefficient (Wildman–Crippen LogP) is 4.36. The van der Waals surface area contributed by atoms with Crippen molar-refractivity contribution in [3.05, 3.63) is 83.6 Å². The van der Waals surface area contributed by atoms with Gasteiger partial charge in [-0.05, 0) is 31.5 Å². The Bertz CT molecular complexity index is 1060. The summed E-state index contributed by atoms with van der Waals surface area (Å²) in [5.41, 5.74) is 5.35. The lowest BCUT2D eigenvalue weighted by Crippen LogP contribution is -2.29. The number of aromatic nitrogens is 2. The molecular weight excluding hydrogens is 338 g/mol. The van der Waals surface area contributed by atoms with E-state index < -0.39 is 0 Å². The zero-order valence-corrected chi connectivity index (χ0v) is 15.4. The first kappa shape index (κ1) is 17.1. The summed E-state index contributed by atoms with van der Waals surface area (Å²) in [5.74, 6) is 0.369. The van der Waals surface area contributed by atoms with E-state index in [0.29, 0.717) is 5.57 Å². The lowest BCUT2D eigenvalue weighted by molar-refractivity contribution is -0.138. The highest BCUT2D eigenvalue weighted by molar-refractivity contribution is 5.94. The SMILES string of the molecule is C=CCOC(=O)C1=C(C)Nc2nc3ccccc3n2[C@@H]1c1ccc(C)cc1. The molecule has 0 spiro atoms. The molecule has 4 rings (SSSR count). The highest BCUT2D eigenvalue weighted by Crippen LogP contribution is 2.39. The van der Waals surface area contributed by atoms with Crippen LogP contribution in [0.3, 0.4) is 0 Å². The number of nitrogens with zero attached hydrogens (tertiary/aromatic N) is 2. The first-order valence-electron chi connectivity index (χ1n) is 8.89. The monoisotopic (exact) mass is 359 g/mol. The van der Waals surface area contributed by atoms with Crippen LogP contribution < -0.4 is 5.32 Å². The predicted molar refractivity (Wildman–Crippen MR) is 107 cm³/mol. The number of hydrogen-bond acceptors (Lipinski definition) is 4. The molecule has 5 nitrogen and oxygen atoms in total. The molecule has 0 unspecified atom stereocenters. The Hall–Kier alpha value is -3.34. The molecular formula is C22H21N3O2. The lowest BCUT2D eigenvalue weighted by Gasteiger charge is -2.30. The minimum atomic E-state index is -0.353. The summed E-state index contributed by atoms with van der Waals surface area (Å²) in [6.45, 7) is 7.73. The van der Waals surface area contributed by atoms with Crippen molar-refractivity contribution in [1.29, 1.82) is 0 Å². The van der Waals surface area contributed by atoms with Crippen molar-refractivity contribution in [2.24, 2.45) is 0 Å². The molecule has 1 aliphatic rings. The van der Waals surface area contributed by atoms with Gasteiger partial charge in [-0.15, -0.1) is 0 Å². The Morgan fingerprint density at radius 2 is 1.96 bits per heavy atom. The van der Waals surface area contributed by atoms with Gasteiger partial charge < -0.3 is 10.1 Å². The summed E-state index contributed by atoms with van der Waals surface area (Å²) in [6.07, 6.45) is 1.57. The minimum Gasteiger partial charge on any atom is -0.458 e. The number of carbonyl (C=O) groups is 1. The van der Waals surface area contributed by atoms with Crippen molar-refractivity contribution in [2.75, 3.05) is 11.9 Å². The highest BCUT2D eigenvalue weighted by atomic mass is 16.5. The Labute approximate surface area is 158 Å². The third-order valence-electron chi connectivity index (χ3n) is 4.78. The maximum atomic E-state index is 12.9. The zero-order chi connectivity index (χ0) is 19.0. The molecule has 3 aromatic rings. The number of imidazole rings is 1. The largest absolute Gasteiger partial charge is 0.458 e. The fourth-order valence-corrected chi connectivity index (χ4v) is 3.50. The molecule has 0 aliphatic carbocycles. The summed E-state index contributed by atoms with van der Waals surface area (Å²) < 4.78 is 7.46. The van der Waals surface area contributed by atoms with Gasteiger partial charge in [0, 0.05) is 5.70 Å². The van der Waals surface area contributed by atoms with E-state index in [1.165, 1.54) is 5.56 Å². The van der Waals surface area contributed by atoms with E-state index in [9.17, 15) is 4.79 Å². The third-order valence-corrected chi connectivity index (χ3v) is 4.78. The van der Waals surface area contributed by atoms with Crippen molar-refractivity contribution in [1.82, 2.24) is 9.55 Å². The molecule has 2 aromatic carbocycles. The maximum absolute atomic E-state index is 12.9. The molecule has 0 saturated heterocycles. The van der Waals surface area contributed by atoms with E-state index in [1.807, 2.05) is 38.1 Å². The topological polar surface area (TPSA) is 56.1 Å². The molecule has 136 valence electrons. The normalized spacial score (nSPS) is 16.0. The van der Waals surface area contributed by atoms with Crippen molar-refractivity contribution in [3.63, 3.8) is 0 Å². The van der Waals surface area contributed by atoms with Crippen molar-refractivity contribution in [3.8, 4) is 0 Å². The first-order valence-corrected chi connectivity index (χ1v) is 8.89. The van der Waals surface area contributed by atoms with Gasteiger partial charge >= 0.3 is 5.97 Å². The van der Waals surface area contributed by atoms with Gasteiger partial charge in [0.1, 0.15) is 6.61 Å². The number of hydrogen-bond donors (Lipinski definition) is 1. The van der Waals surface area contributed by atoms with Gasteiger partial charge in [0.25, 0.3) is 0 Å². The number of carbonyl (C=O) groups excluding carboxylic acids is 1. The van der Waals surface area contributed by atoms with Crippen LogP contribution in [0.5, 0.6) is 0 Å². The standard InChI is InChI=1S/C22H21N3O2/c1-4-13-27-21(26)19-15(3)23-22-24-17-7-5-6-8-18(17)25(22)20(19)16-11-9-14(2)10-12-16/h4-12,20H,1,13H2,2-3H3,(H,23,24)/t20-/m1/s1. The van der Waals surface area contributed by atoms with Crippen molar-refractivity contribution in [2.45, 2.75) is 19.9 Å². The van der Waals surface area contributed by atoms with Crippen LogP contribution in [0.4, 0.5) is 5.95 Å². The third kappa shape index (κ3) is 2.91. The molecule has 0 fully saturated rings. The Morgan fingerprint density at radius 3 is 2.70 bits per heavy atom. The number of allylic oxidation sites excluding steroid dienone is 1. The molecule has 1 aliphatic heterocycles. The van der Waals surface area contributed by atoms with E-state index in [0.717, 1.165) is 28.2 Å². The smallest absolute Gasteiger partial charge is 0.338 e. The number of ether oxygens (including phenoxy) is 1. The van der Waals surface area contributed by atoms with E-state index in [-0.39, 0.29) is 18.6 Å². The van der Waals surface area contributed by atoms with Crippen LogP contribution in [0.2, 0.25) is 0 Å². The van der Waals surface area contributed by atoms with Gasteiger partial charge in [-0.1, -0.05) is 54.6 Å². The molecule has 0 bridgehead atoms. The second-order valence-corrected chi connectivity index (χ2v) is 6.66. The quantitative estimate of drug-likeness (QED) is 0.555. The summed E-state index contributed by atoms with van der Waals surface area (Å²) in [4.78, 5) is 17.6. The Balaban J connectivity index is 1.93. The van der Waals surface area contributed by atoms with Gasteiger partial charge in [-0.25, -0.2) is 9.78 Å². The fraction of sp³-hybridized carbons (Fsp3) is 0.182. The molecule has 27 heavy (non-hydrogen) atoms. The summed E-state index contributed by atoms with van der Waals surface area (Å²) >= 11 is 0. The maximum Gasteiger partial charge on any atom is 0.338 e. The number of benzene rings is 2. The summed E-state index contributed by atoms with van der Waals surface area (Å²) in [7, 11) is 0. The van der Waals surface area contributed by atoms with Gasteiger partial charge in [-0.3, -0.25) is 4.57 Å². The van der Waals surface area contributed by atoms with E-state index in [2.05, 4.69) is 40.7 Å². The fourth-order valence-electron chi connectivity index (χ4n) is 3.50. The number of fused-ring (bicyclic) bond motifs is 3. The van der Waals surface area contributed by atoms with Crippen LogP contribution in [-0.4, -0.2) is 22.1 Å². The Kier molecular flexibility index (Phi) is 4.28. The van der Waals surface area contributed by atoms with Crippen molar-refractivity contribution < 1.29 is 9.53 Å². The average molecular weight is 359 g/mol. The zero-order valence-electron chi connectivity index (χ0n) is 15.4. The van der Waals surface area contributed by atoms with Crippen molar-refractivity contribution >= 4 is 23.0 Å². The molecule has 2 heterocycles. The number of rotatable bonds is 4. The van der Waals surface area contributed by atoms with Gasteiger partial charge in [-0.2, -0.15) is 0 Å². The number of para-hydroxylation sites is 2. The van der Waals surface area contributed by atoms with Crippen LogP contribution in [0, 0.1) is 6.92 Å². The number of nitrogens with one attached hydrogen (secondary N) is 1. The van der Waals surface area contributed by atoms with Crippen LogP contribution in [-0.2, 0) is 9.53 Å². The van der Waals surface area contributed by atoms with Crippen LogP contribution >= 0.6 is 0 Å². The summed E-state index contributed by atoms with van der Waals surface area (Å²) in [5, 5.41) is 3.27. The van der Waals surface area contributed by atoms with E-state index >= 15 is 0 Å². The van der Waals surface area contributed by atoms with Gasteiger partial charge in [0.2, 0.25) is 5.95 Å². The molecule has 1 N–H and O–H groups in total.